The highest BCUT2D eigenvalue weighted by Gasteiger charge is 2.10. The molecule has 0 spiro atoms. The lowest BCUT2D eigenvalue weighted by Gasteiger charge is -2.08. The van der Waals surface area contributed by atoms with Gasteiger partial charge in [0.1, 0.15) is 0 Å². The van der Waals surface area contributed by atoms with Crippen molar-refractivity contribution in [1.29, 1.82) is 0 Å². The van der Waals surface area contributed by atoms with Gasteiger partial charge >= 0.3 is 0 Å². The molecule has 19 heavy (non-hydrogen) atoms. The summed E-state index contributed by atoms with van der Waals surface area (Å²) in [6, 6.07) is 4.77. The summed E-state index contributed by atoms with van der Waals surface area (Å²) in [5.74, 6) is -0.427. The second kappa shape index (κ2) is 8.74. The van der Waals surface area contributed by atoms with Crippen LogP contribution < -0.4 is 16.4 Å². The Balaban J connectivity index is 0.00000324. The molecule has 1 aromatic carbocycles. The highest BCUT2D eigenvalue weighted by molar-refractivity contribution is 6.34. The maximum atomic E-state index is 11.5. The number of nitrogens with one attached hydrogen (secondary N) is 2. The molecule has 2 amide bonds. The van der Waals surface area contributed by atoms with E-state index in [1.807, 2.05) is 0 Å². The van der Waals surface area contributed by atoms with Gasteiger partial charge < -0.3 is 16.4 Å². The summed E-state index contributed by atoms with van der Waals surface area (Å²) in [6.07, 6.45) is 0.982. The van der Waals surface area contributed by atoms with Crippen LogP contribution in [-0.4, -0.2) is 25.4 Å². The van der Waals surface area contributed by atoms with Crippen LogP contribution in [0.3, 0.4) is 0 Å². The van der Waals surface area contributed by atoms with E-state index in [4.69, 9.17) is 17.3 Å². The molecule has 4 N–H and O–H groups in total. The number of benzene rings is 1. The van der Waals surface area contributed by atoms with Crippen molar-refractivity contribution in [1.82, 2.24) is 5.32 Å². The number of carbonyl (C=O) groups is 2. The second-order valence-corrected chi connectivity index (χ2v) is 4.12. The molecule has 5 nitrogen and oxygen atoms in total. The fraction of sp³-hybridized carbons (Fsp3) is 0.333. The van der Waals surface area contributed by atoms with Crippen LogP contribution in [0.5, 0.6) is 0 Å². The molecule has 0 heterocycles. The Morgan fingerprint density at radius 2 is 2.05 bits per heavy atom. The fourth-order valence-corrected chi connectivity index (χ4v) is 1.60. The van der Waals surface area contributed by atoms with E-state index in [2.05, 4.69) is 10.6 Å². The zero-order valence-electron chi connectivity index (χ0n) is 10.5. The SMILES string of the molecule is CNC(=O)c1cc(NC(=O)CCCN)ccc1Cl.Cl. The van der Waals surface area contributed by atoms with Crippen LogP contribution in [0.1, 0.15) is 23.2 Å². The molecule has 1 rings (SSSR count). The Hall–Kier alpha value is -1.30. The molecule has 0 aliphatic heterocycles. The molecule has 7 heteroatoms. The maximum absolute atomic E-state index is 11.5. The first kappa shape index (κ1) is 17.7. The van der Waals surface area contributed by atoms with Gasteiger partial charge in [0, 0.05) is 19.2 Å². The summed E-state index contributed by atoms with van der Waals surface area (Å²) >= 11 is 5.90. The minimum atomic E-state index is -0.293. The minimum Gasteiger partial charge on any atom is -0.355 e. The lowest BCUT2D eigenvalue weighted by molar-refractivity contribution is -0.116. The van der Waals surface area contributed by atoms with Gasteiger partial charge in [-0.25, -0.2) is 0 Å². The summed E-state index contributed by atoms with van der Waals surface area (Å²) in [5, 5.41) is 5.52. The first-order valence-corrected chi connectivity index (χ1v) is 5.98. The van der Waals surface area contributed by atoms with Gasteiger partial charge in [0.05, 0.1) is 10.6 Å². The Morgan fingerprint density at radius 3 is 2.63 bits per heavy atom. The third-order valence-corrected chi connectivity index (χ3v) is 2.66. The van der Waals surface area contributed by atoms with E-state index in [9.17, 15) is 9.59 Å². The summed E-state index contributed by atoms with van der Waals surface area (Å²) < 4.78 is 0. The zero-order chi connectivity index (χ0) is 13.5. The number of halogens is 2. The van der Waals surface area contributed by atoms with Crippen molar-refractivity contribution in [3.8, 4) is 0 Å². The van der Waals surface area contributed by atoms with Gasteiger partial charge in [0.15, 0.2) is 0 Å². The highest BCUT2D eigenvalue weighted by Crippen LogP contribution is 2.20. The molecular weight excluding hydrogens is 289 g/mol. The van der Waals surface area contributed by atoms with E-state index in [-0.39, 0.29) is 24.2 Å². The summed E-state index contributed by atoms with van der Waals surface area (Å²) in [6.45, 7) is 0.470. The molecule has 0 unspecified atom stereocenters. The number of amides is 2. The molecule has 106 valence electrons. The van der Waals surface area contributed by atoms with Gasteiger partial charge in [-0.3, -0.25) is 9.59 Å². The second-order valence-electron chi connectivity index (χ2n) is 3.71. The largest absolute Gasteiger partial charge is 0.355 e. The first-order chi connectivity index (χ1) is 8.58. The molecular formula is C12H17Cl2N3O2. The molecule has 0 aliphatic rings. The molecule has 0 saturated heterocycles. The van der Waals surface area contributed by atoms with E-state index >= 15 is 0 Å². The van der Waals surface area contributed by atoms with Gasteiger partial charge in [-0.05, 0) is 31.2 Å². The van der Waals surface area contributed by atoms with Gasteiger partial charge in [-0.2, -0.15) is 0 Å². The van der Waals surface area contributed by atoms with Gasteiger partial charge in [-0.1, -0.05) is 11.6 Å². The molecule has 0 aromatic heterocycles. The smallest absolute Gasteiger partial charge is 0.252 e. The first-order valence-electron chi connectivity index (χ1n) is 5.60. The third kappa shape index (κ3) is 5.46. The summed E-state index contributed by atoms with van der Waals surface area (Å²) in [7, 11) is 1.52. The van der Waals surface area contributed by atoms with Crippen LogP contribution in [-0.2, 0) is 4.79 Å². The van der Waals surface area contributed by atoms with Crippen molar-refractivity contribution in [2.75, 3.05) is 18.9 Å². The molecule has 0 atom stereocenters. The Morgan fingerprint density at radius 1 is 1.37 bits per heavy atom. The number of anilines is 1. The zero-order valence-corrected chi connectivity index (χ0v) is 12.1. The monoisotopic (exact) mass is 305 g/mol. The van der Waals surface area contributed by atoms with Crippen LogP contribution in [0.4, 0.5) is 5.69 Å². The molecule has 0 aliphatic carbocycles. The predicted octanol–water partition coefficient (Wildman–Crippen LogP) is 1.80. The Labute approximate surface area is 123 Å². The molecule has 0 bridgehead atoms. The lowest BCUT2D eigenvalue weighted by atomic mass is 10.2. The summed E-state index contributed by atoms with van der Waals surface area (Å²) in [4.78, 5) is 23.0. The maximum Gasteiger partial charge on any atom is 0.252 e. The number of hydrogen-bond donors (Lipinski definition) is 3. The highest BCUT2D eigenvalue weighted by atomic mass is 35.5. The van der Waals surface area contributed by atoms with Crippen molar-refractivity contribution in [2.45, 2.75) is 12.8 Å². The Kier molecular flexibility index (Phi) is 8.14. The minimum absolute atomic E-state index is 0. The molecule has 0 saturated carbocycles. The molecule has 0 fully saturated rings. The van der Waals surface area contributed by atoms with Crippen LogP contribution in [0.2, 0.25) is 5.02 Å². The van der Waals surface area contributed by atoms with Gasteiger partial charge in [0.25, 0.3) is 5.91 Å². The molecule has 0 radical (unpaired) electrons. The van der Waals surface area contributed by atoms with Crippen molar-refractivity contribution >= 4 is 41.5 Å². The average Bonchev–Trinajstić information content (AvgIpc) is 2.37. The average molecular weight is 306 g/mol. The quantitative estimate of drug-likeness (QED) is 0.775. The van der Waals surface area contributed by atoms with Crippen LogP contribution >= 0.6 is 24.0 Å². The van der Waals surface area contributed by atoms with E-state index in [0.717, 1.165) is 0 Å². The number of nitrogens with two attached hydrogens (primary N) is 1. The van der Waals surface area contributed by atoms with E-state index < -0.39 is 0 Å². The number of carbonyl (C=O) groups excluding carboxylic acids is 2. The van der Waals surface area contributed by atoms with E-state index in [1.54, 1.807) is 18.2 Å². The van der Waals surface area contributed by atoms with Crippen LogP contribution in [0.15, 0.2) is 18.2 Å². The van der Waals surface area contributed by atoms with Crippen molar-refractivity contribution in [2.24, 2.45) is 5.73 Å². The Bertz CT molecular complexity index is 453. The fourth-order valence-electron chi connectivity index (χ4n) is 1.40. The van der Waals surface area contributed by atoms with Crippen LogP contribution in [0.25, 0.3) is 0 Å². The topological polar surface area (TPSA) is 84.2 Å². The lowest BCUT2D eigenvalue weighted by Crippen LogP contribution is -2.19. The van der Waals surface area contributed by atoms with Crippen molar-refractivity contribution < 1.29 is 9.59 Å². The standard InChI is InChI=1S/C12H16ClN3O2.ClH/c1-15-12(18)9-7-8(4-5-10(9)13)16-11(17)3-2-6-14;/h4-5,7H,2-3,6,14H2,1H3,(H,15,18)(H,16,17);1H. The van der Waals surface area contributed by atoms with E-state index in [1.165, 1.54) is 7.05 Å². The van der Waals surface area contributed by atoms with Crippen LogP contribution in [0, 0.1) is 0 Å². The third-order valence-electron chi connectivity index (χ3n) is 2.33. The van der Waals surface area contributed by atoms with Crippen molar-refractivity contribution in [3.63, 3.8) is 0 Å². The van der Waals surface area contributed by atoms with Crippen molar-refractivity contribution in [3.05, 3.63) is 28.8 Å². The predicted molar refractivity (Wildman–Crippen MR) is 79.0 cm³/mol. The van der Waals surface area contributed by atoms with E-state index in [0.29, 0.717) is 35.7 Å². The van der Waals surface area contributed by atoms with Gasteiger partial charge in [-0.15, -0.1) is 12.4 Å². The van der Waals surface area contributed by atoms with Gasteiger partial charge in [0.2, 0.25) is 5.91 Å². The number of hydrogen-bond acceptors (Lipinski definition) is 3. The normalized spacial score (nSPS) is 9.42. The summed E-state index contributed by atoms with van der Waals surface area (Å²) in [5.41, 5.74) is 6.19. The number of rotatable bonds is 5. The molecule has 1 aromatic rings.